The van der Waals surface area contributed by atoms with Gasteiger partial charge in [-0.1, -0.05) is 18.7 Å². The van der Waals surface area contributed by atoms with Crippen molar-refractivity contribution in [3.63, 3.8) is 0 Å². The number of thioether (sulfide) groups is 1. The van der Waals surface area contributed by atoms with E-state index in [1.165, 1.54) is 16.7 Å². The maximum Gasteiger partial charge on any atom is 0.352 e. The van der Waals surface area contributed by atoms with Crippen LogP contribution >= 0.6 is 11.8 Å². The van der Waals surface area contributed by atoms with E-state index in [-0.39, 0.29) is 34.8 Å². The van der Waals surface area contributed by atoms with E-state index in [2.05, 4.69) is 4.90 Å². The Morgan fingerprint density at radius 2 is 2.19 bits per heavy atom. The number of nitrogens with zero attached hydrogens (tertiary/aromatic N) is 2. The zero-order valence-corrected chi connectivity index (χ0v) is 15.8. The highest BCUT2D eigenvalue weighted by atomic mass is 32.2. The largest absolute Gasteiger partial charge is 0.477 e. The van der Waals surface area contributed by atoms with Crippen molar-refractivity contribution in [2.75, 3.05) is 18.8 Å². The molecule has 0 aromatic carbocycles. The number of carbonyl (C=O) groups is 2. The molecule has 144 valence electrons. The average Bonchev–Trinajstić information content (AvgIpc) is 3.07. The van der Waals surface area contributed by atoms with E-state index < -0.39 is 18.0 Å². The van der Waals surface area contributed by atoms with E-state index >= 15 is 0 Å². The van der Waals surface area contributed by atoms with Crippen LogP contribution in [0.4, 0.5) is 0 Å². The number of aliphatic hydroxyl groups excluding tert-OH is 1. The molecule has 8 nitrogen and oxygen atoms in total. The normalized spacial score (nSPS) is 32.6. The van der Waals surface area contributed by atoms with E-state index in [1.54, 1.807) is 6.92 Å². The van der Waals surface area contributed by atoms with Gasteiger partial charge in [0.15, 0.2) is 5.17 Å². The molecule has 0 radical (unpaired) electrons. The summed E-state index contributed by atoms with van der Waals surface area (Å²) in [4.78, 5) is 27.8. The van der Waals surface area contributed by atoms with E-state index in [4.69, 9.17) is 11.1 Å². The second kappa shape index (κ2) is 7.21. The van der Waals surface area contributed by atoms with Crippen LogP contribution in [0, 0.1) is 17.2 Å². The van der Waals surface area contributed by atoms with Crippen molar-refractivity contribution in [2.45, 2.75) is 44.9 Å². The number of amidine groups is 1. The predicted octanol–water partition coefficient (Wildman–Crippen LogP) is 0.274. The first-order valence-corrected chi connectivity index (χ1v) is 9.91. The first-order chi connectivity index (χ1) is 12.2. The van der Waals surface area contributed by atoms with Gasteiger partial charge in [-0.25, -0.2) is 4.79 Å². The molecule has 5 atom stereocenters. The number of nitrogens with two attached hydrogens (primary N) is 1. The summed E-state index contributed by atoms with van der Waals surface area (Å²) in [5.41, 5.74) is 6.29. The van der Waals surface area contributed by atoms with Crippen molar-refractivity contribution in [3.8, 4) is 0 Å². The summed E-state index contributed by atoms with van der Waals surface area (Å²) in [6, 6.07) is -0.0218. The van der Waals surface area contributed by atoms with Crippen molar-refractivity contribution in [2.24, 2.45) is 17.6 Å². The lowest BCUT2D eigenvalue weighted by molar-refractivity contribution is -0.163. The zero-order valence-electron chi connectivity index (χ0n) is 15.0. The van der Waals surface area contributed by atoms with Crippen LogP contribution in [-0.4, -0.2) is 74.1 Å². The SMILES string of the molecule is C[C@@H](O)[C@H]1C(=O)N2C(C(=O)O)=C(CN3CCC[C@H]3CSC(=N)N)[C@H](C)[C@H]12. The number of fused-ring (bicyclic) bond motifs is 1. The minimum atomic E-state index is -1.08. The van der Waals surface area contributed by atoms with Crippen molar-refractivity contribution in [1.82, 2.24) is 9.80 Å². The van der Waals surface area contributed by atoms with Gasteiger partial charge < -0.3 is 20.8 Å². The minimum absolute atomic E-state index is 0.0889. The maximum absolute atomic E-state index is 12.4. The second-order valence-corrected chi connectivity index (χ2v) is 8.44. The molecule has 0 aromatic rings. The van der Waals surface area contributed by atoms with Gasteiger partial charge in [0, 0.05) is 24.3 Å². The number of rotatable bonds is 6. The third-order valence-corrected chi connectivity index (χ3v) is 6.68. The van der Waals surface area contributed by atoms with Gasteiger partial charge in [-0.15, -0.1) is 0 Å². The molecule has 3 heterocycles. The Morgan fingerprint density at radius 1 is 1.50 bits per heavy atom. The quantitative estimate of drug-likeness (QED) is 0.295. The van der Waals surface area contributed by atoms with Crippen molar-refractivity contribution >= 4 is 28.8 Å². The summed E-state index contributed by atoms with van der Waals surface area (Å²) >= 11 is 1.31. The number of carboxylic acids is 1. The number of aliphatic carboxylic acids is 1. The molecule has 0 bridgehead atoms. The Balaban J connectivity index is 1.81. The molecule has 2 fully saturated rings. The minimum Gasteiger partial charge on any atom is -0.477 e. The number of carboxylic acid groups (broad SMARTS) is 1. The molecule has 0 spiro atoms. The molecule has 5 N–H and O–H groups in total. The topological polar surface area (TPSA) is 131 Å². The lowest BCUT2D eigenvalue weighted by atomic mass is 9.77. The van der Waals surface area contributed by atoms with Crippen LogP contribution in [0.3, 0.4) is 0 Å². The van der Waals surface area contributed by atoms with Crippen molar-refractivity contribution < 1.29 is 19.8 Å². The molecule has 0 aromatic heterocycles. The molecule has 3 aliphatic rings. The van der Waals surface area contributed by atoms with Gasteiger partial charge in [-0.3, -0.25) is 15.1 Å². The van der Waals surface area contributed by atoms with Crippen molar-refractivity contribution in [3.05, 3.63) is 11.3 Å². The highest BCUT2D eigenvalue weighted by molar-refractivity contribution is 8.13. The van der Waals surface area contributed by atoms with Crippen LogP contribution in [-0.2, 0) is 9.59 Å². The number of amides is 1. The Bertz CT molecular complexity index is 665. The molecule has 9 heteroatoms. The fourth-order valence-corrected chi connectivity index (χ4v) is 5.30. The van der Waals surface area contributed by atoms with Gasteiger partial charge in [0.1, 0.15) is 5.70 Å². The van der Waals surface area contributed by atoms with Gasteiger partial charge in [0.05, 0.1) is 18.1 Å². The number of hydrogen-bond acceptors (Lipinski definition) is 6. The van der Waals surface area contributed by atoms with Crippen LogP contribution in [0.15, 0.2) is 11.3 Å². The summed E-state index contributed by atoms with van der Waals surface area (Å²) in [6.45, 7) is 4.89. The van der Waals surface area contributed by atoms with Crippen LogP contribution in [0.5, 0.6) is 0 Å². The number of likely N-dealkylation sites (tertiary alicyclic amines) is 1. The van der Waals surface area contributed by atoms with Crippen LogP contribution in [0.1, 0.15) is 26.7 Å². The number of hydrogen-bond donors (Lipinski definition) is 4. The number of aliphatic hydroxyl groups is 1. The third-order valence-electron chi connectivity index (χ3n) is 5.82. The maximum atomic E-state index is 12.4. The Labute approximate surface area is 156 Å². The molecule has 0 saturated carbocycles. The summed E-state index contributed by atoms with van der Waals surface area (Å²) in [5.74, 6) is -1.29. The monoisotopic (exact) mass is 382 g/mol. The van der Waals surface area contributed by atoms with Gasteiger partial charge in [-0.05, 0) is 31.9 Å². The lowest BCUT2D eigenvalue weighted by Crippen LogP contribution is -2.63. The zero-order chi connectivity index (χ0) is 19.2. The highest BCUT2D eigenvalue weighted by Gasteiger charge is 2.59. The molecule has 3 rings (SSSR count). The lowest BCUT2D eigenvalue weighted by Gasteiger charge is -2.46. The Hall–Kier alpha value is -1.58. The van der Waals surface area contributed by atoms with E-state index in [0.717, 1.165) is 25.0 Å². The number of nitrogens with one attached hydrogen (secondary N) is 1. The van der Waals surface area contributed by atoms with E-state index in [1.807, 2.05) is 6.92 Å². The number of β-lactam (4-membered cyclic amide) rings is 1. The summed E-state index contributed by atoms with van der Waals surface area (Å²) in [6.07, 6.45) is 1.23. The van der Waals surface area contributed by atoms with Crippen molar-refractivity contribution in [1.29, 1.82) is 5.41 Å². The smallest absolute Gasteiger partial charge is 0.352 e. The first kappa shape index (κ1) is 19.2. The van der Waals surface area contributed by atoms with Crippen LogP contribution in [0.2, 0.25) is 0 Å². The van der Waals surface area contributed by atoms with E-state index in [0.29, 0.717) is 12.3 Å². The summed E-state index contributed by atoms with van der Waals surface area (Å²) < 4.78 is 0. The molecule has 0 aliphatic carbocycles. The molecule has 26 heavy (non-hydrogen) atoms. The van der Waals surface area contributed by atoms with Gasteiger partial charge >= 0.3 is 5.97 Å². The van der Waals surface area contributed by atoms with Gasteiger partial charge in [0.2, 0.25) is 5.91 Å². The fourth-order valence-electron chi connectivity index (χ4n) is 4.55. The molecule has 1 amide bonds. The molecular formula is C17H26N4O4S. The first-order valence-electron chi connectivity index (χ1n) is 8.92. The van der Waals surface area contributed by atoms with Gasteiger partial charge in [0.25, 0.3) is 0 Å². The summed E-state index contributed by atoms with van der Waals surface area (Å²) in [5, 5.41) is 27.1. The average molecular weight is 382 g/mol. The molecule has 3 aliphatic heterocycles. The predicted molar refractivity (Wildman–Crippen MR) is 98.6 cm³/mol. The van der Waals surface area contributed by atoms with Crippen LogP contribution < -0.4 is 5.73 Å². The number of carbonyl (C=O) groups excluding carboxylic acids is 1. The molecule has 2 saturated heterocycles. The van der Waals surface area contributed by atoms with Crippen LogP contribution in [0.25, 0.3) is 0 Å². The fraction of sp³-hybridized carbons (Fsp3) is 0.706. The highest BCUT2D eigenvalue weighted by Crippen LogP contribution is 2.47. The summed E-state index contributed by atoms with van der Waals surface area (Å²) in [7, 11) is 0. The Morgan fingerprint density at radius 3 is 2.77 bits per heavy atom. The standard InChI is InChI=1S/C17H26N4O4S/c1-8-11(6-20-5-3-4-10(20)7-26-17(18)19)14(16(24)25)21-13(8)12(9(2)22)15(21)23/h8-10,12-13,22H,3-7H2,1-2H3,(H3,18,19)(H,24,25)/t8-,9+,10-,12+,13+/m0/s1. The second-order valence-electron chi connectivity index (χ2n) is 7.37. The molecular weight excluding hydrogens is 356 g/mol. The van der Waals surface area contributed by atoms with Gasteiger partial charge in [-0.2, -0.15) is 0 Å². The molecule has 0 unspecified atom stereocenters. The van der Waals surface area contributed by atoms with E-state index in [9.17, 15) is 19.8 Å². The third kappa shape index (κ3) is 3.12. The Kier molecular flexibility index (Phi) is 5.32.